The quantitative estimate of drug-likeness (QED) is 0.563. The molecule has 0 spiro atoms. The van der Waals surface area contributed by atoms with Crippen molar-refractivity contribution in [1.82, 2.24) is 25.5 Å². The summed E-state index contributed by atoms with van der Waals surface area (Å²) in [5.41, 5.74) is 0. The minimum atomic E-state index is -0.362. The van der Waals surface area contributed by atoms with Gasteiger partial charge in [0.25, 0.3) is 0 Å². The highest BCUT2D eigenvalue weighted by Crippen LogP contribution is 1.99. The molecule has 0 saturated heterocycles. The van der Waals surface area contributed by atoms with E-state index in [0.717, 1.165) is 0 Å². The molecule has 1 aromatic heterocycles. The van der Waals surface area contributed by atoms with Crippen molar-refractivity contribution in [2.45, 2.75) is 11.4 Å². The Morgan fingerprint density at radius 1 is 1.73 bits per heavy atom. The number of rotatable bonds is 5. The van der Waals surface area contributed by atoms with Crippen LogP contribution in [0, 0.1) is 0 Å². The minimum Gasteiger partial charge on any atom is -0.468 e. The molecule has 1 aromatic rings. The van der Waals surface area contributed by atoms with Crippen LogP contribution in [-0.4, -0.2) is 44.7 Å². The first-order valence-corrected chi connectivity index (χ1v) is 5.20. The Kier molecular flexibility index (Phi) is 4.63. The fraction of sp³-hybridized carbons (Fsp3) is 0.714. The molecule has 0 bridgehead atoms. The van der Waals surface area contributed by atoms with Gasteiger partial charge in [-0.1, -0.05) is 15.9 Å². The number of alkyl halides is 1. The zero-order valence-corrected chi connectivity index (χ0v) is 10.1. The minimum absolute atomic E-state index is 0.311. The second-order valence-electron chi connectivity index (χ2n) is 2.82. The van der Waals surface area contributed by atoms with Crippen molar-refractivity contribution in [3.63, 3.8) is 0 Å². The van der Waals surface area contributed by atoms with E-state index < -0.39 is 0 Å². The average Bonchev–Trinajstić information content (AvgIpc) is 2.63. The van der Waals surface area contributed by atoms with E-state index in [2.05, 4.69) is 41.4 Å². The molecule has 1 heterocycles. The molecular formula is C7H12BrN5O2. The van der Waals surface area contributed by atoms with Gasteiger partial charge in [0.1, 0.15) is 4.83 Å². The lowest BCUT2D eigenvalue weighted by molar-refractivity contribution is -0.139. The third-order valence-corrected chi connectivity index (χ3v) is 2.31. The fourth-order valence-corrected chi connectivity index (χ4v) is 1.33. The highest BCUT2D eigenvalue weighted by molar-refractivity contribution is 9.10. The summed E-state index contributed by atoms with van der Waals surface area (Å²) < 4.78 is 4.55. The van der Waals surface area contributed by atoms with Crippen molar-refractivity contribution < 1.29 is 9.53 Å². The summed E-state index contributed by atoms with van der Waals surface area (Å²) in [6, 6.07) is 0. The summed E-state index contributed by atoms with van der Waals surface area (Å²) >= 11 is 3.18. The van der Waals surface area contributed by atoms with E-state index in [9.17, 15) is 4.79 Å². The fourth-order valence-electron chi connectivity index (χ4n) is 0.916. The zero-order chi connectivity index (χ0) is 11.3. The summed E-state index contributed by atoms with van der Waals surface area (Å²) in [5, 5.41) is 14.4. The van der Waals surface area contributed by atoms with E-state index in [1.807, 2.05) is 0 Å². The van der Waals surface area contributed by atoms with E-state index in [-0.39, 0.29) is 10.8 Å². The van der Waals surface area contributed by atoms with E-state index in [1.54, 1.807) is 7.05 Å². The van der Waals surface area contributed by atoms with Gasteiger partial charge in [-0.05, 0) is 5.21 Å². The van der Waals surface area contributed by atoms with Crippen LogP contribution >= 0.6 is 15.9 Å². The Morgan fingerprint density at radius 3 is 3.00 bits per heavy atom. The summed E-state index contributed by atoms with van der Waals surface area (Å²) in [6.07, 6.45) is 0. The molecular weight excluding hydrogens is 266 g/mol. The van der Waals surface area contributed by atoms with Crippen molar-refractivity contribution in [1.29, 1.82) is 0 Å². The highest BCUT2D eigenvalue weighted by atomic mass is 79.9. The average molecular weight is 278 g/mol. The normalized spacial score (nSPS) is 12.5. The zero-order valence-electron chi connectivity index (χ0n) is 8.47. The molecule has 0 aromatic carbocycles. The topological polar surface area (TPSA) is 81.9 Å². The van der Waals surface area contributed by atoms with E-state index in [0.29, 0.717) is 18.9 Å². The second-order valence-corrected chi connectivity index (χ2v) is 3.92. The van der Waals surface area contributed by atoms with Crippen LogP contribution < -0.4 is 5.32 Å². The monoisotopic (exact) mass is 277 g/mol. The number of nitrogens with one attached hydrogen (secondary N) is 1. The molecule has 0 aliphatic heterocycles. The van der Waals surface area contributed by atoms with Gasteiger partial charge >= 0.3 is 5.97 Å². The van der Waals surface area contributed by atoms with E-state index in [1.165, 1.54) is 11.9 Å². The van der Waals surface area contributed by atoms with Gasteiger partial charge < -0.3 is 10.1 Å². The maximum Gasteiger partial charge on any atom is 0.320 e. The summed E-state index contributed by atoms with van der Waals surface area (Å²) in [4.78, 5) is 12.0. The number of carbonyl (C=O) groups is 1. The predicted molar refractivity (Wildman–Crippen MR) is 55.2 cm³/mol. The predicted octanol–water partition coefficient (Wildman–Crippen LogP) is -0.764. The SMILES string of the molecule is COC(=O)C(Br)CNCc1nnn(C)n1. The van der Waals surface area contributed by atoms with Crippen LogP contribution in [0.25, 0.3) is 0 Å². The Labute approximate surface area is 95.3 Å². The van der Waals surface area contributed by atoms with Gasteiger partial charge in [0.15, 0.2) is 5.82 Å². The number of hydrogen-bond donors (Lipinski definition) is 1. The first-order valence-electron chi connectivity index (χ1n) is 4.29. The van der Waals surface area contributed by atoms with Gasteiger partial charge in [0.2, 0.25) is 0 Å². The number of carbonyl (C=O) groups excluding carboxylic acids is 1. The molecule has 1 atom stereocenters. The Balaban J connectivity index is 2.24. The van der Waals surface area contributed by atoms with Gasteiger partial charge in [-0.3, -0.25) is 4.79 Å². The molecule has 7 nitrogen and oxygen atoms in total. The molecule has 0 fully saturated rings. The van der Waals surface area contributed by atoms with Crippen molar-refractivity contribution in [3.05, 3.63) is 5.82 Å². The maximum absolute atomic E-state index is 11.0. The molecule has 1 unspecified atom stereocenters. The number of aromatic nitrogens is 4. The largest absolute Gasteiger partial charge is 0.468 e. The molecule has 0 saturated carbocycles. The maximum atomic E-state index is 11.0. The first kappa shape index (κ1) is 12.1. The molecule has 84 valence electrons. The molecule has 0 aliphatic carbocycles. The number of ether oxygens (including phenoxy) is 1. The van der Waals surface area contributed by atoms with Crippen molar-refractivity contribution in [2.24, 2.45) is 7.05 Å². The van der Waals surface area contributed by atoms with Gasteiger partial charge in [-0.2, -0.15) is 4.80 Å². The summed E-state index contributed by atoms with van der Waals surface area (Å²) in [7, 11) is 3.04. The number of aryl methyl sites for hydroxylation is 1. The molecule has 1 N–H and O–H groups in total. The lowest BCUT2D eigenvalue weighted by atomic mass is 10.4. The van der Waals surface area contributed by atoms with Crippen LogP contribution in [-0.2, 0) is 23.1 Å². The van der Waals surface area contributed by atoms with Crippen LogP contribution in [0.3, 0.4) is 0 Å². The molecule has 0 amide bonds. The summed E-state index contributed by atoms with van der Waals surface area (Å²) in [6.45, 7) is 0.915. The molecule has 8 heteroatoms. The number of tetrazole rings is 1. The number of hydrogen-bond acceptors (Lipinski definition) is 6. The van der Waals surface area contributed by atoms with Crippen LogP contribution in [0.2, 0.25) is 0 Å². The second kappa shape index (κ2) is 5.76. The standard InChI is InChI=1S/C7H12BrN5O2/c1-13-11-6(10-12-13)4-9-3-5(8)7(14)15-2/h5,9H,3-4H2,1-2H3. The number of esters is 1. The molecule has 0 aliphatic rings. The van der Waals surface area contributed by atoms with Crippen LogP contribution in [0.4, 0.5) is 0 Å². The van der Waals surface area contributed by atoms with Crippen LogP contribution in [0.5, 0.6) is 0 Å². The van der Waals surface area contributed by atoms with Crippen molar-refractivity contribution in [3.8, 4) is 0 Å². The lowest BCUT2D eigenvalue weighted by Gasteiger charge is -2.07. The third kappa shape index (κ3) is 3.92. The van der Waals surface area contributed by atoms with Gasteiger partial charge in [-0.15, -0.1) is 10.2 Å². The Hall–Kier alpha value is -1.02. The number of nitrogens with zero attached hydrogens (tertiary/aromatic N) is 4. The van der Waals surface area contributed by atoms with Crippen molar-refractivity contribution in [2.75, 3.05) is 13.7 Å². The van der Waals surface area contributed by atoms with Gasteiger partial charge in [-0.25, -0.2) is 0 Å². The van der Waals surface area contributed by atoms with Gasteiger partial charge in [0, 0.05) is 6.54 Å². The van der Waals surface area contributed by atoms with Crippen LogP contribution in [0.15, 0.2) is 0 Å². The number of halogens is 1. The molecule has 15 heavy (non-hydrogen) atoms. The Bertz CT molecular complexity index is 329. The molecule has 1 rings (SSSR count). The van der Waals surface area contributed by atoms with Gasteiger partial charge in [0.05, 0.1) is 20.7 Å². The number of methoxy groups -OCH3 is 1. The summed E-state index contributed by atoms with van der Waals surface area (Å²) in [5.74, 6) is 0.275. The third-order valence-electron chi connectivity index (χ3n) is 1.61. The highest BCUT2D eigenvalue weighted by Gasteiger charge is 2.14. The lowest BCUT2D eigenvalue weighted by Crippen LogP contribution is -2.29. The first-order chi connectivity index (χ1) is 7.13. The van der Waals surface area contributed by atoms with E-state index in [4.69, 9.17) is 0 Å². The van der Waals surface area contributed by atoms with Crippen molar-refractivity contribution >= 4 is 21.9 Å². The van der Waals surface area contributed by atoms with Crippen LogP contribution in [0.1, 0.15) is 5.82 Å². The molecule has 0 radical (unpaired) electrons. The smallest absolute Gasteiger partial charge is 0.320 e. The van der Waals surface area contributed by atoms with E-state index >= 15 is 0 Å². The Morgan fingerprint density at radius 2 is 2.47 bits per heavy atom.